The van der Waals surface area contributed by atoms with Crippen molar-refractivity contribution < 1.29 is 18.0 Å². The van der Waals surface area contributed by atoms with E-state index in [1.54, 1.807) is 42.5 Å². The predicted molar refractivity (Wildman–Crippen MR) is 116 cm³/mol. The zero-order valence-corrected chi connectivity index (χ0v) is 17.7. The molecular formula is C22H25N3O4S. The van der Waals surface area contributed by atoms with E-state index in [0.717, 1.165) is 31.5 Å². The van der Waals surface area contributed by atoms with E-state index in [1.807, 2.05) is 11.8 Å². The monoisotopic (exact) mass is 427 g/mol. The van der Waals surface area contributed by atoms with Crippen molar-refractivity contribution in [1.82, 2.24) is 4.90 Å². The van der Waals surface area contributed by atoms with Crippen LogP contribution in [0.4, 0.5) is 11.4 Å². The van der Waals surface area contributed by atoms with Crippen LogP contribution in [0, 0.1) is 6.92 Å². The van der Waals surface area contributed by atoms with E-state index in [9.17, 15) is 18.0 Å². The number of hydrogen-bond donors (Lipinski definition) is 1. The molecule has 0 saturated carbocycles. The molecule has 0 aromatic heterocycles. The average Bonchev–Trinajstić information content (AvgIpc) is 3.38. The Bertz CT molecular complexity index is 1090. The van der Waals surface area contributed by atoms with E-state index in [-0.39, 0.29) is 17.6 Å². The van der Waals surface area contributed by atoms with Crippen LogP contribution in [0.1, 0.15) is 45.5 Å². The fourth-order valence-electron chi connectivity index (χ4n) is 4.02. The van der Waals surface area contributed by atoms with Gasteiger partial charge < -0.3 is 10.2 Å². The second-order valence-electron chi connectivity index (χ2n) is 7.72. The third kappa shape index (κ3) is 3.92. The standard InChI is InChI=1S/C22H25N3O4S/c1-16-19(22(27)24-11-2-3-12-24)9-5-10-20(16)23-21(26)17-7-4-8-18(15-17)25-13-6-14-30(25,28)29/h4-5,7-10,15H,2-3,6,11-14H2,1H3,(H,23,26). The molecule has 7 nitrogen and oxygen atoms in total. The van der Waals surface area contributed by atoms with Crippen LogP contribution in [0.25, 0.3) is 0 Å². The predicted octanol–water partition coefficient (Wildman–Crippen LogP) is 3.02. The van der Waals surface area contributed by atoms with E-state index in [0.29, 0.717) is 35.5 Å². The fraction of sp³-hybridized carbons (Fsp3) is 0.364. The molecule has 158 valence electrons. The van der Waals surface area contributed by atoms with Crippen molar-refractivity contribution in [2.45, 2.75) is 26.2 Å². The number of sulfonamides is 1. The van der Waals surface area contributed by atoms with E-state index in [4.69, 9.17) is 0 Å². The average molecular weight is 428 g/mol. The topological polar surface area (TPSA) is 86.8 Å². The summed E-state index contributed by atoms with van der Waals surface area (Å²) in [5.74, 6) is -0.231. The highest BCUT2D eigenvalue weighted by Gasteiger charge is 2.29. The Hall–Kier alpha value is -2.87. The molecule has 0 radical (unpaired) electrons. The summed E-state index contributed by atoms with van der Waals surface area (Å²) < 4.78 is 25.7. The van der Waals surface area contributed by atoms with Crippen molar-refractivity contribution in [2.24, 2.45) is 0 Å². The van der Waals surface area contributed by atoms with Crippen LogP contribution in [0.3, 0.4) is 0 Å². The summed E-state index contributed by atoms with van der Waals surface area (Å²) in [5.41, 5.74) is 2.75. The third-order valence-corrected chi connectivity index (χ3v) is 7.57. The van der Waals surface area contributed by atoms with E-state index in [1.165, 1.54) is 4.31 Å². The molecule has 2 aromatic carbocycles. The van der Waals surface area contributed by atoms with Crippen molar-refractivity contribution in [3.63, 3.8) is 0 Å². The molecule has 0 spiro atoms. The van der Waals surface area contributed by atoms with Crippen LogP contribution in [-0.4, -0.2) is 50.5 Å². The number of carbonyl (C=O) groups is 2. The smallest absolute Gasteiger partial charge is 0.255 e. The fourth-order valence-corrected chi connectivity index (χ4v) is 5.58. The Labute approximate surface area is 176 Å². The van der Waals surface area contributed by atoms with Gasteiger partial charge >= 0.3 is 0 Å². The molecule has 2 aromatic rings. The zero-order valence-electron chi connectivity index (χ0n) is 16.9. The lowest BCUT2D eigenvalue weighted by Gasteiger charge is -2.19. The highest BCUT2D eigenvalue weighted by atomic mass is 32.2. The Morgan fingerprint density at radius 2 is 1.70 bits per heavy atom. The number of amides is 2. The molecule has 2 aliphatic heterocycles. The summed E-state index contributed by atoms with van der Waals surface area (Å²) in [6, 6.07) is 11.9. The number of hydrogen-bond acceptors (Lipinski definition) is 4. The quantitative estimate of drug-likeness (QED) is 0.813. The van der Waals surface area contributed by atoms with Gasteiger partial charge in [0.05, 0.1) is 11.4 Å². The van der Waals surface area contributed by atoms with E-state index in [2.05, 4.69) is 5.32 Å². The number of carbonyl (C=O) groups excluding carboxylic acids is 2. The second kappa shape index (κ2) is 8.10. The highest BCUT2D eigenvalue weighted by molar-refractivity contribution is 7.93. The number of benzene rings is 2. The molecule has 4 rings (SSSR count). The van der Waals surface area contributed by atoms with E-state index < -0.39 is 10.0 Å². The van der Waals surface area contributed by atoms with Crippen molar-refractivity contribution in [2.75, 3.05) is 35.0 Å². The Morgan fingerprint density at radius 1 is 0.967 bits per heavy atom. The number of rotatable bonds is 4. The normalized spacial score (nSPS) is 17.9. The van der Waals surface area contributed by atoms with Gasteiger partial charge in [0.25, 0.3) is 11.8 Å². The van der Waals surface area contributed by atoms with E-state index >= 15 is 0 Å². The van der Waals surface area contributed by atoms with Gasteiger partial charge in [-0.25, -0.2) is 8.42 Å². The van der Waals surface area contributed by atoms with Gasteiger partial charge in [0.1, 0.15) is 0 Å². The van der Waals surface area contributed by atoms with Crippen LogP contribution >= 0.6 is 0 Å². The van der Waals surface area contributed by atoms with Gasteiger partial charge in [0.2, 0.25) is 10.0 Å². The third-order valence-electron chi connectivity index (χ3n) is 5.70. The van der Waals surface area contributed by atoms with Gasteiger partial charge in [-0.3, -0.25) is 13.9 Å². The maximum Gasteiger partial charge on any atom is 0.255 e. The summed E-state index contributed by atoms with van der Waals surface area (Å²) in [4.78, 5) is 27.5. The first-order valence-corrected chi connectivity index (χ1v) is 11.8. The van der Waals surface area contributed by atoms with Crippen LogP contribution in [0.5, 0.6) is 0 Å². The summed E-state index contributed by atoms with van der Waals surface area (Å²) in [6.07, 6.45) is 2.62. The highest BCUT2D eigenvalue weighted by Crippen LogP contribution is 2.26. The molecular weight excluding hydrogens is 402 g/mol. The largest absolute Gasteiger partial charge is 0.339 e. The number of anilines is 2. The number of likely N-dealkylation sites (tertiary alicyclic amines) is 1. The molecule has 1 N–H and O–H groups in total. The van der Waals surface area contributed by atoms with Crippen molar-refractivity contribution in [3.8, 4) is 0 Å². The first kappa shape index (κ1) is 20.4. The number of nitrogens with one attached hydrogen (secondary N) is 1. The van der Waals surface area contributed by atoms with Gasteiger partial charge in [0.15, 0.2) is 0 Å². The molecule has 8 heteroatoms. The van der Waals surface area contributed by atoms with Gasteiger partial charge in [0, 0.05) is 36.4 Å². The number of nitrogens with zero attached hydrogens (tertiary/aromatic N) is 2. The second-order valence-corrected chi connectivity index (χ2v) is 9.74. The maximum atomic E-state index is 12.9. The first-order valence-electron chi connectivity index (χ1n) is 10.2. The maximum absolute atomic E-state index is 12.9. The van der Waals surface area contributed by atoms with Crippen molar-refractivity contribution >= 4 is 33.2 Å². The lowest BCUT2D eigenvalue weighted by molar-refractivity contribution is 0.0791. The summed E-state index contributed by atoms with van der Waals surface area (Å²) >= 11 is 0. The minimum Gasteiger partial charge on any atom is -0.339 e. The Morgan fingerprint density at radius 3 is 2.40 bits per heavy atom. The van der Waals surface area contributed by atoms with Crippen LogP contribution in [0.2, 0.25) is 0 Å². The van der Waals surface area contributed by atoms with Gasteiger partial charge in [-0.1, -0.05) is 12.1 Å². The molecule has 30 heavy (non-hydrogen) atoms. The van der Waals surface area contributed by atoms with Gasteiger partial charge in [-0.2, -0.15) is 0 Å². The van der Waals surface area contributed by atoms with Gasteiger partial charge in [-0.15, -0.1) is 0 Å². The SMILES string of the molecule is Cc1c(NC(=O)c2cccc(N3CCCS3(=O)=O)c2)cccc1C(=O)N1CCCC1. The van der Waals surface area contributed by atoms with Crippen LogP contribution in [-0.2, 0) is 10.0 Å². The van der Waals surface area contributed by atoms with Gasteiger partial charge in [-0.05, 0) is 62.1 Å². The summed E-state index contributed by atoms with van der Waals surface area (Å²) in [5, 5.41) is 2.87. The van der Waals surface area contributed by atoms with Crippen molar-refractivity contribution in [3.05, 3.63) is 59.2 Å². The molecule has 0 aliphatic carbocycles. The lowest BCUT2D eigenvalue weighted by Crippen LogP contribution is -2.28. The minimum absolute atomic E-state index is 0.0117. The van der Waals surface area contributed by atoms with Crippen LogP contribution < -0.4 is 9.62 Å². The molecule has 2 heterocycles. The molecule has 2 amide bonds. The molecule has 0 bridgehead atoms. The molecule has 2 aliphatic rings. The summed E-state index contributed by atoms with van der Waals surface area (Å²) in [7, 11) is -3.31. The summed E-state index contributed by atoms with van der Waals surface area (Å²) in [6.45, 7) is 3.78. The molecule has 2 saturated heterocycles. The first-order chi connectivity index (χ1) is 14.4. The molecule has 2 fully saturated rings. The minimum atomic E-state index is -3.31. The molecule has 0 atom stereocenters. The zero-order chi connectivity index (χ0) is 21.3. The lowest BCUT2D eigenvalue weighted by atomic mass is 10.0. The molecule has 0 unspecified atom stereocenters. The Balaban J connectivity index is 1.55. The van der Waals surface area contributed by atoms with Crippen molar-refractivity contribution in [1.29, 1.82) is 0 Å². The Kier molecular flexibility index (Phi) is 5.51. The van der Waals surface area contributed by atoms with Crippen LogP contribution in [0.15, 0.2) is 42.5 Å².